The third kappa shape index (κ3) is 3.59. The monoisotopic (exact) mass is 334 g/mol. The van der Waals surface area contributed by atoms with E-state index in [1.807, 2.05) is 13.0 Å². The van der Waals surface area contributed by atoms with E-state index in [1.54, 1.807) is 6.07 Å². The lowest BCUT2D eigenvalue weighted by molar-refractivity contribution is 0.141. The molecule has 0 amide bonds. The molecule has 0 aliphatic rings. The van der Waals surface area contributed by atoms with Crippen molar-refractivity contribution in [2.75, 3.05) is 19.1 Å². The smallest absolute Gasteiger partial charge is 0.111 e. The number of hydrogen-bond donors (Lipinski definition) is 0. The molecule has 0 fully saturated rings. The third-order valence-electron chi connectivity index (χ3n) is 3.06. The van der Waals surface area contributed by atoms with E-state index in [1.165, 1.54) is 0 Å². The van der Waals surface area contributed by atoms with E-state index >= 15 is 0 Å². The lowest BCUT2D eigenvalue weighted by Gasteiger charge is -2.09. The molecule has 0 radical (unpaired) electrons. The average Bonchev–Trinajstić information content (AvgIpc) is 2.73. The zero-order valence-corrected chi connectivity index (χ0v) is 13.6. The molecule has 0 saturated carbocycles. The maximum Gasteiger partial charge on any atom is 0.111 e. The third-order valence-corrected chi connectivity index (χ3v) is 3.97. The number of benzene rings is 1. The van der Waals surface area contributed by atoms with Crippen LogP contribution < -0.4 is 0 Å². The van der Waals surface area contributed by atoms with Crippen LogP contribution >= 0.6 is 34.8 Å². The van der Waals surface area contributed by atoms with Crippen LogP contribution in [-0.2, 0) is 17.7 Å². The highest BCUT2D eigenvalue weighted by Gasteiger charge is 2.12. The summed E-state index contributed by atoms with van der Waals surface area (Å²) in [7, 11) is 0. The Labute approximate surface area is 133 Å². The number of rotatable bonds is 7. The van der Waals surface area contributed by atoms with Gasteiger partial charge in [-0.15, -0.1) is 11.6 Å². The van der Waals surface area contributed by atoms with Crippen molar-refractivity contribution in [2.45, 2.75) is 26.3 Å². The zero-order chi connectivity index (χ0) is 14.5. The number of alkyl halides is 1. The molecule has 0 aliphatic heterocycles. The lowest BCUT2D eigenvalue weighted by Crippen LogP contribution is -2.07. The predicted molar refractivity (Wildman–Crippen MR) is 85.3 cm³/mol. The quantitative estimate of drug-likeness (QED) is 0.548. The van der Waals surface area contributed by atoms with E-state index in [0.717, 1.165) is 49.5 Å². The maximum absolute atomic E-state index is 6.11. The molecule has 20 heavy (non-hydrogen) atoms. The van der Waals surface area contributed by atoms with Crippen LogP contribution in [0.3, 0.4) is 0 Å². The molecular formula is C14H17Cl3N2O. The van der Waals surface area contributed by atoms with Gasteiger partial charge < -0.3 is 9.30 Å². The predicted octanol–water partition coefficient (Wildman–Crippen LogP) is 4.55. The highest BCUT2D eigenvalue weighted by Crippen LogP contribution is 2.28. The van der Waals surface area contributed by atoms with Gasteiger partial charge in [0, 0.05) is 32.1 Å². The topological polar surface area (TPSA) is 27.1 Å². The molecule has 6 heteroatoms. The van der Waals surface area contributed by atoms with Crippen LogP contribution in [0.25, 0.3) is 11.0 Å². The number of nitrogens with zero attached hydrogens (tertiary/aromatic N) is 2. The number of fused-ring (bicyclic) bond motifs is 1. The van der Waals surface area contributed by atoms with Gasteiger partial charge >= 0.3 is 0 Å². The number of halogens is 3. The van der Waals surface area contributed by atoms with E-state index < -0.39 is 0 Å². The second-order valence-corrected chi connectivity index (χ2v) is 5.62. The highest BCUT2D eigenvalue weighted by atomic mass is 35.5. The molecular weight excluding hydrogens is 319 g/mol. The first-order valence-corrected chi connectivity index (χ1v) is 7.94. The summed E-state index contributed by atoms with van der Waals surface area (Å²) in [5.41, 5.74) is 1.85. The minimum absolute atomic E-state index is 0.524. The highest BCUT2D eigenvalue weighted by molar-refractivity contribution is 6.42. The number of aromatic nitrogens is 2. The molecule has 0 saturated heterocycles. The van der Waals surface area contributed by atoms with Crippen LogP contribution in [0.4, 0.5) is 0 Å². The second-order valence-electron chi connectivity index (χ2n) is 4.42. The first-order chi connectivity index (χ1) is 9.67. The molecule has 1 heterocycles. The van der Waals surface area contributed by atoms with Gasteiger partial charge in [0.05, 0.1) is 21.1 Å². The summed E-state index contributed by atoms with van der Waals surface area (Å²) >= 11 is 18.0. The molecule has 2 aromatic rings. The van der Waals surface area contributed by atoms with Gasteiger partial charge in [-0.05, 0) is 25.5 Å². The van der Waals surface area contributed by atoms with Crippen molar-refractivity contribution in [3.63, 3.8) is 0 Å². The summed E-state index contributed by atoms with van der Waals surface area (Å²) in [6.45, 7) is 4.30. The molecule has 110 valence electrons. The number of ether oxygens (including phenoxy) is 1. The number of hydrogen-bond acceptors (Lipinski definition) is 2. The Morgan fingerprint density at radius 2 is 2.00 bits per heavy atom. The van der Waals surface area contributed by atoms with Crippen LogP contribution in [0.1, 0.15) is 19.2 Å². The second kappa shape index (κ2) is 7.51. The average molecular weight is 336 g/mol. The fourth-order valence-electron chi connectivity index (χ4n) is 2.16. The van der Waals surface area contributed by atoms with Gasteiger partial charge in [-0.3, -0.25) is 0 Å². The Hall–Kier alpha value is -0.480. The summed E-state index contributed by atoms with van der Waals surface area (Å²) in [6.07, 6.45) is 1.65. The molecule has 0 aliphatic carbocycles. The fraction of sp³-hybridized carbons (Fsp3) is 0.500. The van der Waals surface area contributed by atoms with Gasteiger partial charge in [0.1, 0.15) is 5.82 Å². The summed E-state index contributed by atoms with van der Waals surface area (Å²) < 4.78 is 7.53. The number of imidazole rings is 1. The van der Waals surface area contributed by atoms with Crippen molar-refractivity contribution in [3.05, 3.63) is 28.0 Å². The first kappa shape index (κ1) is 15.9. The molecule has 0 unspecified atom stereocenters. The molecule has 0 N–H and O–H groups in total. The normalized spacial score (nSPS) is 11.4. The van der Waals surface area contributed by atoms with Gasteiger partial charge in [-0.2, -0.15) is 0 Å². The summed E-state index contributed by atoms with van der Waals surface area (Å²) in [4.78, 5) is 4.60. The molecule has 3 nitrogen and oxygen atoms in total. The van der Waals surface area contributed by atoms with Crippen LogP contribution in [0.2, 0.25) is 10.0 Å². The molecule has 2 rings (SSSR count). The van der Waals surface area contributed by atoms with E-state index in [0.29, 0.717) is 15.9 Å². The molecule has 0 atom stereocenters. The van der Waals surface area contributed by atoms with E-state index in [4.69, 9.17) is 39.5 Å². The Bertz CT molecular complexity index is 583. The van der Waals surface area contributed by atoms with Crippen molar-refractivity contribution in [3.8, 4) is 0 Å². The molecule has 0 bridgehead atoms. The van der Waals surface area contributed by atoms with Crippen molar-refractivity contribution >= 4 is 45.8 Å². The summed E-state index contributed by atoms with van der Waals surface area (Å²) in [6, 6.07) is 3.67. The fourth-order valence-corrected chi connectivity index (χ4v) is 2.65. The van der Waals surface area contributed by atoms with Gasteiger partial charge in [-0.1, -0.05) is 23.2 Å². The summed E-state index contributed by atoms with van der Waals surface area (Å²) in [5.74, 6) is 1.50. The molecule has 0 spiro atoms. The first-order valence-electron chi connectivity index (χ1n) is 6.65. The van der Waals surface area contributed by atoms with E-state index in [-0.39, 0.29) is 0 Å². The largest absolute Gasteiger partial charge is 0.382 e. The van der Waals surface area contributed by atoms with Gasteiger partial charge in [0.25, 0.3) is 0 Å². The lowest BCUT2D eigenvalue weighted by atomic mass is 10.3. The van der Waals surface area contributed by atoms with Crippen LogP contribution in [-0.4, -0.2) is 28.6 Å². The van der Waals surface area contributed by atoms with Gasteiger partial charge in [-0.25, -0.2) is 4.98 Å². The Balaban J connectivity index is 2.32. The van der Waals surface area contributed by atoms with E-state index in [2.05, 4.69) is 9.55 Å². The van der Waals surface area contributed by atoms with Crippen molar-refractivity contribution < 1.29 is 4.74 Å². The van der Waals surface area contributed by atoms with Gasteiger partial charge in [0.2, 0.25) is 0 Å². The minimum atomic E-state index is 0.524. The zero-order valence-electron chi connectivity index (χ0n) is 11.3. The minimum Gasteiger partial charge on any atom is -0.382 e. The molecule has 1 aromatic carbocycles. The SMILES string of the molecule is CCOCCCn1c(CCCl)nc2cc(Cl)c(Cl)cc21. The van der Waals surface area contributed by atoms with Crippen molar-refractivity contribution in [2.24, 2.45) is 0 Å². The Morgan fingerprint density at radius 1 is 1.25 bits per heavy atom. The van der Waals surface area contributed by atoms with Crippen molar-refractivity contribution in [1.29, 1.82) is 0 Å². The summed E-state index contributed by atoms with van der Waals surface area (Å²) in [5, 5.41) is 1.07. The number of aryl methyl sites for hydroxylation is 2. The Kier molecular flexibility index (Phi) is 5.97. The standard InChI is InChI=1S/C14H17Cl3N2O/c1-2-20-7-3-6-19-13-9-11(17)10(16)8-12(13)18-14(19)4-5-15/h8-9H,2-7H2,1H3. The van der Waals surface area contributed by atoms with Crippen LogP contribution in [0.15, 0.2) is 12.1 Å². The maximum atomic E-state index is 6.11. The van der Waals surface area contributed by atoms with Crippen LogP contribution in [0.5, 0.6) is 0 Å². The van der Waals surface area contributed by atoms with Crippen LogP contribution in [0, 0.1) is 0 Å². The molecule has 1 aromatic heterocycles. The van der Waals surface area contributed by atoms with Gasteiger partial charge in [0.15, 0.2) is 0 Å². The van der Waals surface area contributed by atoms with E-state index in [9.17, 15) is 0 Å². The Morgan fingerprint density at radius 3 is 2.70 bits per heavy atom. The van der Waals surface area contributed by atoms with Crippen molar-refractivity contribution in [1.82, 2.24) is 9.55 Å².